The van der Waals surface area contributed by atoms with Gasteiger partial charge in [-0.1, -0.05) is 37.3 Å². The van der Waals surface area contributed by atoms with Crippen molar-refractivity contribution in [2.45, 2.75) is 33.1 Å². The van der Waals surface area contributed by atoms with Crippen LogP contribution in [0.2, 0.25) is 0 Å². The van der Waals surface area contributed by atoms with Crippen LogP contribution in [-0.4, -0.2) is 30.1 Å². The first-order chi connectivity index (χ1) is 12.6. The van der Waals surface area contributed by atoms with E-state index in [0.717, 1.165) is 12.0 Å². The molecule has 0 saturated heterocycles. The first-order valence-corrected chi connectivity index (χ1v) is 8.88. The Balaban J connectivity index is 2.24. The zero-order chi connectivity index (χ0) is 18.9. The maximum absolute atomic E-state index is 12.3. The van der Waals surface area contributed by atoms with Gasteiger partial charge in [0.15, 0.2) is 5.92 Å². The largest absolute Gasteiger partial charge is 0.465 e. The van der Waals surface area contributed by atoms with E-state index in [9.17, 15) is 9.59 Å². The molecule has 2 rings (SSSR count). The van der Waals surface area contributed by atoms with E-state index < -0.39 is 23.8 Å². The van der Waals surface area contributed by atoms with Crippen LogP contribution in [0.15, 0.2) is 48.7 Å². The highest BCUT2D eigenvalue weighted by Crippen LogP contribution is 2.26. The fraction of sp³-hybridized carbons (Fsp3) is 0.381. The second kappa shape index (κ2) is 9.70. The van der Waals surface area contributed by atoms with Crippen molar-refractivity contribution in [2.75, 3.05) is 13.2 Å². The molecule has 0 spiro atoms. The number of aromatic nitrogens is 1. The Morgan fingerprint density at radius 3 is 2.15 bits per heavy atom. The predicted molar refractivity (Wildman–Crippen MR) is 98.7 cm³/mol. The topological polar surface area (TPSA) is 65.5 Å². The molecule has 2 aromatic rings. The summed E-state index contributed by atoms with van der Waals surface area (Å²) in [7, 11) is 0. The minimum absolute atomic E-state index is 0.211. The number of ether oxygens (including phenoxy) is 2. The number of esters is 2. The molecule has 0 aliphatic carbocycles. The van der Waals surface area contributed by atoms with Gasteiger partial charge in [0.2, 0.25) is 0 Å². The van der Waals surface area contributed by atoms with Crippen LogP contribution in [0.3, 0.4) is 0 Å². The van der Waals surface area contributed by atoms with Gasteiger partial charge in [0.25, 0.3) is 0 Å². The molecule has 0 radical (unpaired) electrons. The van der Waals surface area contributed by atoms with Crippen LogP contribution >= 0.6 is 0 Å². The summed E-state index contributed by atoms with van der Waals surface area (Å²) in [4.78, 5) is 29.0. The lowest BCUT2D eigenvalue weighted by molar-refractivity contribution is -0.162. The van der Waals surface area contributed by atoms with E-state index in [4.69, 9.17) is 9.47 Å². The van der Waals surface area contributed by atoms with Gasteiger partial charge in [0.1, 0.15) is 0 Å². The van der Waals surface area contributed by atoms with Gasteiger partial charge in [-0.25, -0.2) is 0 Å². The van der Waals surface area contributed by atoms with Crippen LogP contribution in [0.4, 0.5) is 0 Å². The lowest BCUT2D eigenvalue weighted by Crippen LogP contribution is -2.32. The highest BCUT2D eigenvalue weighted by atomic mass is 16.6. The number of hydrogen-bond acceptors (Lipinski definition) is 5. The molecule has 1 aromatic carbocycles. The number of carbonyl (C=O) groups excluding carboxylic acids is 2. The summed E-state index contributed by atoms with van der Waals surface area (Å²) in [6, 6.07) is 14.0. The molecule has 26 heavy (non-hydrogen) atoms. The molecule has 1 aromatic heterocycles. The van der Waals surface area contributed by atoms with Crippen LogP contribution < -0.4 is 0 Å². The van der Waals surface area contributed by atoms with E-state index in [1.54, 1.807) is 27.0 Å². The zero-order valence-electron chi connectivity index (χ0n) is 15.5. The number of benzene rings is 1. The lowest BCUT2D eigenvalue weighted by atomic mass is 9.89. The van der Waals surface area contributed by atoms with Gasteiger partial charge in [-0.2, -0.15) is 0 Å². The molecule has 138 valence electrons. The number of nitrogens with zero attached hydrogens (tertiary/aromatic N) is 1. The fourth-order valence-electron chi connectivity index (χ4n) is 2.82. The first kappa shape index (κ1) is 19.6. The third-order valence-corrected chi connectivity index (χ3v) is 4.14. The van der Waals surface area contributed by atoms with Gasteiger partial charge >= 0.3 is 11.9 Å². The molecule has 0 bridgehead atoms. The molecule has 1 unspecified atom stereocenters. The van der Waals surface area contributed by atoms with Crippen molar-refractivity contribution in [1.29, 1.82) is 0 Å². The molecule has 0 saturated carbocycles. The highest BCUT2D eigenvalue weighted by Gasteiger charge is 2.36. The average Bonchev–Trinajstić information content (AvgIpc) is 2.63. The standard InChI is InChI=1S/C21H25NO4/c1-4-25-20(23)19(21(24)26-5-2)15(3)18-14-17(11-12-22-18)13-16-9-7-6-8-10-16/h6-12,14-15,19H,4-5,13H2,1-3H3. The predicted octanol–water partition coefficient (Wildman–Crippen LogP) is 3.52. The second-order valence-corrected chi connectivity index (χ2v) is 6.02. The van der Waals surface area contributed by atoms with Gasteiger partial charge in [0.05, 0.1) is 13.2 Å². The molecule has 1 atom stereocenters. The first-order valence-electron chi connectivity index (χ1n) is 8.88. The van der Waals surface area contributed by atoms with Crippen molar-refractivity contribution in [2.24, 2.45) is 5.92 Å². The Morgan fingerprint density at radius 1 is 0.962 bits per heavy atom. The van der Waals surface area contributed by atoms with Crippen LogP contribution in [0.25, 0.3) is 0 Å². The zero-order valence-corrected chi connectivity index (χ0v) is 15.5. The van der Waals surface area contributed by atoms with Crippen LogP contribution in [0.5, 0.6) is 0 Å². The Kier molecular flexibility index (Phi) is 7.33. The molecule has 0 amide bonds. The third kappa shape index (κ3) is 5.15. The van der Waals surface area contributed by atoms with Gasteiger partial charge in [-0.3, -0.25) is 14.6 Å². The highest BCUT2D eigenvalue weighted by molar-refractivity contribution is 5.96. The van der Waals surface area contributed by atoms with Crippen LogP contribution in [0, 0.1) is 5.92 Å². The molecular formula is C21H25NO4. The third-order valence-electron chi connectivity index (χ3n) is 4.14. The lowest BCUT2D eigenvalue weighted by Gasteiger charge is -2.20. The molecule has 0 fully saturated rings. The molecule has 0 N–H and O–H groups in total. The van der Waals surface area contributed by atoms with Crippen molar-refractivity contribution in [3.8, 4) is 0 Å². The molecule has 1 heterocycles. The number of pyridine rings is 1. The quantitative estimate of drug-likeness (QED) is 0.535. The summed E-state index contributed by atoms with van der Waals surface area (Å²) in [5, 5.41) is 0. The van der Waals surface area contributed by atoms with Crippen LogP contribution in [-0.2, 0) is 25.5 Å². The summed E-state index contributed by atoms with van der Waals surface area (Å²) < 4.78 is 10.1. The van der Waals surface area contributed by atoms with E-state index in [1.165, 1.54) is 5.56 Å². The molecular weight excluding hydrogens is 330 g/mol. The molecule has 0 aliphatic rings. The normalized spacial score (nSPS) is 11.8. The summed E-state index contributed by atoms with van der Waals surface area (Å²) in [6.45, 7) is 5.64. The van der Waals surface area contributed by atoms with E-state index in [1.807, 2.05) is 30.3 Å². The van der Waals surface area contributed by atoms with E-state index in [0.29, 0.717) is 5.69 Å². The Bertz CT molecular complexity index is 712. The van der Waals surface area contributed by atoms with Crippen molar-refractivity contribution < 1.29 is 19.1 Å². The van der Waals surface area contributed by atoms with Crippen molar-refractivity contribution in [3.63, 3.8) is 0 Å². The van der Waals surface area contributed by atoms with Gasteiger partial charge < -0.3 is 9.47 Å². The number of carbonyl (C=O) groups is 2. The fourth-order valence-corrected chi connectivity index (χ4v) is 2.82. The minimum Gasteiger partial charge on any atom is -0.465 e. The summed E-state index contributed by atoms with van der Waals surface area (Å²) in [5.41, 5.74) is 2.92. The average molecular weight is 355 g/mol. The van der Waals surface area contributed by atoms with E-state index in [2.05, 4.69) is 17.1 Å². The summed E-state index contributed by atoms with van der Waals surface area (Å²) >= 11 is 0. The number of hydrogen-bond donors (Lipinski definition) is 0. The smallest absolute Gasteiger partial charge is 0.321 e. The molecule has 0 aliphatic heterocycles. The van der Waals surface area contributed by atoms with E-state index in [-0.39, 0.29) is 13.2 Å². The van der Waals surface area contributed by atoms with Gasteiger partial charge in [-0.15, -0.1) is 0 Å². The SMILES string of the molecule is CCOC(=O)C(C(=O)OCC)C(C)c1cc(Cc2ccccc2)ccn1. The monoisotopic (exact) mass is 355 g/mol. The second-order valence-electron chi connectivity index (χ2n) is 6.02. The van der Waals surface area contributed by atoms with Gasteiger partial charge in [-0.05, 0) is 43.5 Å². The maximum Gasteiger partial charge on any atom is 0.321 e. The summed E-state index contributed by atoms with van der Waals surface area (Å²) in [5.74, 6) is -2.61. The maximum atomic E-state index is 12.3. The van der Waals surface area contributed by atoms with E-state index >= 15 is 0 Å². The van der Waals surface area contributed by atoms with Crippen molar-refractivity contribution >= 4 is 11.9 Å². The van der Waals surface area contributed by atoms with Gasteiger partial charge in [0, 0.05) is 17.8 Å². The van der Waals surface area contributed by atoms with Crippen molar-refractivity contribution in [1.82, 2.24) is 4.98 Å². The Labute approximate surface area is 154 Å². The molecule has 5 heteroatoms. The van der Waals surface area contributed by atoms with Crippen LogP contribution in [0.1, 0.15) is 43.5 Å². The minimum atomic E-state index is -1.02. The Morgan fingerprint density at radius 2 is 1.58 bits per heavy atom. The molecule has 5 nitrogen and oxygen atoms in total. The summed E-state index contributed by atoms with van der Waals surface area (Å²) in [6.07, 6.45) is 2.46. The van der Waals surface area contributed by atoms with Crippen molar-refractivity contribution in [3.05, 3.63) is 65.5 Å². The Hall–Kier alpha value is -2.69. The number of rotatable bonds is 8.